The second kappa shape index (κ2) is 5.35. The van der Waals surface area contributed by atoms with Crippen LogP contribution in [0.2, 0.25) is 0 Å². The summed E-state index contributed by atoms with van der Waals surface area (Å²) in [5.41, 5.74) is 5.99. The molecule has 0 heterocycles. The van der Waals surface area contributed by atoms with Crippen LogP contribution in [-0.4, -0.2) is 10.5 Å². The van der Waals surface area contributed by atoms with Gasteiger partial charge in [-0.25, -0.2) is 0 Å². The van der Waals surface area contributed by atoms with E-state index in [9.17, 15) is 9.59 Å². The van der Waals surface area contributed by atoms with Gasteiger partial charge in [-0.15, -0.1) is 0 Å². The average Bonchev–Trinajstić information content (AvgIpc) is 2.13. The maximum atomic E-state index is 11.2. The highest BCUT2D eigenvalue weighted by Gasteiger charge is 2.25. The van der Waals surface area contributed by atoms with E-state index in [1.165, 1.54) is 0 Å². The molecule has 0 radical (unpaired) electrons. The lowest BCUT2D eigenvalue weighted by atomic mass is 10.1. The topological polar surface area (TPSA) is 60.2 Å². The van der Waals surface area contributed by atoms with Crippen LogP contribution < -0.4 is 5.73 Å². The zero-order valence-corrected chi connectivity index (χ0v) is 13.6. The fourth-order valence-electron chi connectivity index (χ4n) is 1.03. The van der Waals surface area contributed by atoms with Gasteiger partial charge in [0.2, 0.25) is 0 Å². The molecule has 0 unspecified atom stereocenters. The molecule has 8 heteroatoms. The molecule has 0 saturated heterocycles. The van der Waals surface area contributed by atoms with Gasteiger partial charge in [-0.05, 0) is 71.0 Å². The molecule has 16 heavy (non-hydrogen) atoms. The van der Waals surface area contributed by atoms with Crippen LogP contribution in [0.4, 0.5) is 5.69 Å². The van der Waals surface area contributed by atoms with Gasteiger partial charge in [0, 0.05) is 4.47 Å². The summed E-state index contributed by atoms with van der Waals surface area (Å²) >= 11 is 20.1. The van der Waals surface area contributed by atoms with Gasteiger partial charge in [-0.3, -0.25) is 9.59 Å². The first-order chi connectivity index (χ1) is 7.29. The van der Waals surface area contributed by atoms with Crippen LogP contribution in [0.1, 0.15) is 20.7 Å². The van der Waals surface area contributed by atoms with E-state index in [1.54, 1.807) is 0 Å². The smallest absolute Gasteiger partial charge is 0.254 e. The Balaban J connectivity index is 3.80. The molecule has 0 spiro atoms. The fraction of sp³-hybridized carbons (Fsp3) is 0. The average molecular weight is 455 g/mol. The Morgan fingerprint density at radius 2 is 1.19 bits per heavy atom. The minimum atomic E-state index is -0.753. The number of carbonyl (C=O) groups is 2. The lowest BCUT2D eigenvalue weighted by Crippen LogP contribution is -2.05. The fourth-order valence-corrected chi connectivity index (χ4v) is 4.57. The predicted octanol–water partition coefficient (Wildman–Crippen LogP) is 4.31. The van der Waals surface area contributed by atoms with Gasteiger partial charge in [0.1, 0.15) is 0 Å². The van der Waals surface area contributed by atoms with Crippen LogP contribution in [0.5, 0.6) is 0 Å². The molecule has 0 fully saturated rings. The summed E-state index contributed by atoms with van der Waals surface area (Å²) in [6.45, 7) is 0. The highest BCUT2D eigenvalue weighted by Crippen LogP contribution is 2.41. The number of nitrogen functional groups attached to an aromatic ring is 1. The zero-order valence-electron chi connectivity index (χ0n) is 7.28. The standard InChI is InChI=1S/C8H2Br3Cl2NO2/c9-3-1(7(12)15)4(10)6(14)5(11)2(3)8(13)16/h14H2. The monoisotopic (exact) mass is 451 g/mol. The number of benzene rings is 1. The van der Waals surface area contributed by atoms with E-state index in [1.807, 2.05) is 0 Å². The Morgan fingerprint density at radius 1 is 0.875 bits per heavy atom. The van der Waals surface area contributed by atoms with E-state index in [-0.39, 0.29) is 21.3 Å². The molecule has 2 N–H and O–H groups in total. The van der Waals surface area contributed by atoms with Crippen molar-refractivity contribution in [3.8, 4) is 0 Å². The molecule has 0 atom stereocenters. The van der Waals surface area contributed by atoms with E-state index in [2.05, 4.69) is 47.8 Å². The first kappa shape index (κ1) is 14.4. The van der Waals surface area contributed by atoms with Gasteiger partial charge in [0.25, 0.3) is 10.5 Å². The highest BCUT2D eigenvalue weighted by molar-refractivity contribution is 9.11. The van der Waals surface area contributed by atoms with Crippen molar-refractivity contribution >= 4 is 87.2 Å². The number of hydrogen-bond acceptors (Lipinski definition) is 3. The number of rotatable bonds is 2. The van der Waals surface area contributed by atoms with Crippen molar-refractivity contribution in [2.75, 3.05) is 5.73 Å². The Bertz CT molecular complexity index is 464. The summed E-state index contributed by atoms with van der Waals surface area (Å²) in [6.07, 6.45) is 0. The minimum absolute atomic E-state index is 0.0615. The molecule has 1 rings (SSSR count). The number of carbonyl (C=O) groups excluding carboxylic acids is 2. The van der Waals surface area contributed by atoms with Crippen LogP contribution in [0.3, 0.4) is 0 Å². The molecule has 3 nitrogen and oxygen atoms in total. The predicted molar refractivity (Wildman–Crippen MR) is 74.3 cm³/mol. The van der Waals surface area contributed by atoms with Crippen LogP contribution >= 0.6 is 71.0 Å². The molecule has 0 bridgehead atoms. The summed E-state index contributed by atoms with van der Waals surface area (Å²) in [6, 6.07) is 0. The van der Waals surface area contributed by atoms with Crippen molar-refractivity contribution in [1.82, 2.24) is 0 Å². The molecule has 0 amide bonds. The van der Waals surface area contributed by atoms with Gasteiger partial charge in [0.15, 0.2) is 0 Å². The van der Waals surface area contributed by atoms with Crippen molar-refractivity contribution < 1.29 is 9.59 Å². The van der Waals surface area contributed by atoms with Crippen LogP contribution in [0, 0.1) is 0 Å². The molecule has 1 aromatic rings. The number of nitrogens with two attached hydrogens (primary N) is 1. The summed E-state index contributed by atoms with van der Waals surface area (Å²) < 4.78 is 0.793. The second-order valence-electron chi connectivity index (χ2n) is 2.65. The van der Waals surface area contributed by atoms with Crippen molar-refractivity contribution in [1.29, 1.82) is 0 Å². The van der Waals surface area contributed by atoms with E-state index >= 15 is 0 Å². The largest absolute Gasteiger partial charge is 0.397 e. The number of hydrogen-bond donors (Lipinski definition) is 1. The normalized spacial score (nSPS) is 10.3. The maximum Gasteiger partial charge on any atom is 0.254 e. The van der Waals surface area contributed by atoms with Gasteiger partial charge >= 0.3 is 0 Å². The quantitative estimate of drug-likeness (QED) is 0.535. The summed E-state index contributed by atoms with van der Waals surface area (Å²) in [7, 11) is 0. The lowest BCUT2D eigenvalue weighted by molar-refractivity contribution is 0.107. The summed E-state index contributed by atoms with van der Waals surface area (Å²) in [5, 5.41) is -1.51. The van der Waals surface area contributed by atoms with E-state index in [0.717, 1.165) is 0 Å². The van der Waals surface area contributed by atoms with E-state index in [0.29, 0.717) is 8.95 Å². The molecule has 0 saturated carbocycles. The van der Waals surface area contributed by atoms with Crippen molar-refractivity contribution in [2.45, 2.75) is 0 Å². The van der Waals surface area contributed by atoms with Crippen LogP contribution in [-0.2, 0) is 0 Å². The third-order valence-electron chi connectivity index (χ3n) is 1.74. The Hall–Kier alpha value is 0.380. The third kappa shape index (κ3) is 2.46. The van der Waals surface area contributed by atoms with E-state index < -0.39 is 10.5 Å². The van der Waals surface area contributed by atoms with Crippen molar-refractivity contribution in [3.05, 3.63) is 24.5 Å². The van der Waals surface area contributed by atoms with Crippen LogP contribution in [0.25, 0.3) is 0 Å². The van der Waals surface area contributed by atoms with Gasteiger partial charge in [-0.1, -0.05) is 0 Å². The number of halogens is 5. The van der Waals surface area contributed by atoms with Gasteiger partial charge in [-0.2, -0.15) is 0 Å². The van der Waals surface area contributed by atoms with Gasteiger partial charge in [0.05, 0.1) is 25.8 Å². The zero-order chi connectivity index (χ0) is 12.6. The summed E-state index contributed by atoms with van der Waals surface area (Å²) in [4.78, 5) is 22.4. The van der Waals surface area contributed by atoms with Crippen molar-refractivity contribution in [3.63, 3.8) is 0 Å². The highest BCUT2D eigenvalue weighted by atomic mass is 79.9. The third-order valence-corrected chi connectivity index (χ3v) is 4.56. The Morgan fingerprint density at radius 3 is 1.44 bits per heavy atom. The minimum Gasteiger partial charge on any atom is -0.397 e. The lowest BCUT2D eigenvalue weighted by Gasteiger charge is -2.12. The van der Waals surface area contributed by atoms with Crippen molar-refractivity contribution in [2.24, 2.45) is 0 Å². The molecule has 0 aliphatic heterocycles. The molecule has 86 valence electrons. The molecule has 1 aromatic carbocycles. The second-order valence-corrected chi connectivity index (χ2v) is 5.72. The molecule has 0 aliphatic carbocycles. The molecule has 0 aromatic heterocycles. The first-order valence-corrected chi connectivity index (χ1v) is 6.78. The molecule has 0 aliphatic rings. The van der Waals surface area contributed by atoms with Crippen LogP contribution in [0.15, 0.2) is 13.4 Å². The number of anilines is 1. The Kier molecular flexibility index (Phi) is 4.83. The molecular weight excluding hydrogens is 453 g/mol. The first-order valence-electron chi connectivity index (χ1n) is 3.64. The summed E-state index contributed by atoms with van der Waals surface area (Å²) in [5.74, 6) is 0. The maximum absolute atomic E-state index is 11.2. The van der Waals surface area contributed by atoms with E-state index in [4.69, 9.17) is 28.9 Å². The van der Waals surface area contributed by atoms with Gasteiger partial charge < -0.3 is 5.73 Å². The SMILES string of the molecule is Nc1c(Br)c(C(=O)Cl)c(Br)c(C(=O)Cl)c1Br. The molecular formula is C8H2Br3Cl2NO2. The Labute approximate surface area is 126 Å².